The highest BCUT2D eigenvalue weighted by molar-refractivity contribution is 7.99. The van der Waals surface area contributed by atoms with Crippen molar-refractivity contribution in [2.75, 3.05) is 19.4 Å². The molecule has 1 aromatic heterocycles. The maximum absolute atomic E-state index is 12.3. The monoisotopic (exact) mass is 362 g/mol. The summed E-state index contributed by atoms with van der Waals surface area (Å²) in [5.74, 6) is 0.229. The third-order valence-electron chi connectivity index (χ3n) is 4.15. The van der Waals surface area contributed by atoms with Gasteiger partial charge in [0.15, 0.2) is 5.16 Å². The summed E-state index contributed by atoms with van der Waals surface area (Å²) < 4.78 is 7.14. The Labute approximate surface area is 150 Å². The van der Waals surface area contributed by atoms with E-state index in [0.717, 1.165) is 25.0 Å². The van der Waals surface area contributed by atoms with Crippen LogP contribution < -0.4 is 5.69 Å². The molecule has 0 spiro atoms. The van der Waals surface area contributed by atoms with Gasteiger partial charge in [0.05, 0.1) is 18.4 Å². The molecule has 0 saturated carbocycles. The van der Waals surface area contributed by atoms with Crippen LogP contribution in [0.4, 0.5) is 0 Å². The van der Waals surface area contributed by atoms with E-state index in [4.69, 9.17) is 4.74 Å². The van der Waals surface area contributed by atoms with Gasteiger partial charge in [-0.25, -0.2) is 9.89 Å². The van der Waals surface area contributed by atoms with Gasteiger partial charge in [0.2, 0.25) is 5.91 Å². The summed E-state index contributed by atoms with van der Waals surface area (Å²) in [4.78, 5) is 25.9. The minimum atomic E-state index is -0.261. The zero-order chi connectivity index (χ0) is 17.6. The topological polar surface area (TPSA) is 80.2 Å². The molecular weight excluding hydrogens is 340 g/mol. The molecule has 0 bridgehead atoms. The van der Waals surface area contributed by atoms with Crippen LogP contribution in [0.2, 0.25) is 0 Å². The first-order valence-corrected chi connectivity index (χ1v) is 9.29. The van der Waals surface area contributed by atoms with Crippen LogP contribution >= 0.6 is 11.8 Å². The number of nitrogens with one attached hydrogen (secondary N) is 1. The zero-order valence-electron chi connectivity index (χ0n) is 14.2. The molecule has 1 N–H and O–H groups in total. The fourth-order valence-corrected chi connectivity index (χ4v) is 3.64. The van der Waals surface area contributed by atoms with Gasteiger partial charge in [-0.1, -0.05) is 42.1 Å². The number of rotatable bonds is 7. The third-order valence-corrected chi connectivity index (χ3v) is 5.11. The molecule has 0 radical (unpaired) electrons. The number of nitrogens with zero attached hydrogens (tertiary/aromatic N) is 3. The summed E-state index contributed by atoms with van der Waals surface area (Å²) in [6, 6.07) is 9.84. The Morgan fingerprint density at radius 3 is 2.96 bits per heavy atom. The number of hydrogen-bond donors (Lipinski definition) is 1. The first-order chi connectivity index (χ1) is 12.1. The van der Waals surface area contributed by atoms with E-state index in [0.29, 0.717) is 18.2 Å². The maximum atomic E-state index is 12.3. The summed E-state index contributed by atoms with van der Waals surface area (Å²) in [7, 11) is 1.78. The van der Waals surface area contributed by atoms with Crippen LogP contribution in [0.15, 0.2) is 40.3 Å². The van der Waals surface area contributed by atoms with Crippen LogP contribution in [0.5, 0.6) is 0 Å². The number of aromatic amines is 1. The van der Waals surface area contributed by atoms with Gasteiger partial charge in [-0.3, -0.25) is 9.36 Å². The Morgan fingerprint density at radius 2 is 2.24 bits per heavy atom. The van der Waals surface area contributed by atoms with Crippen molar-refractivity contribution < 1.29 is 9.53 Å². The average molecular weight is 362 g/mol. The summed E-state index contributed by atoms with van der Waals surface area (Å²) in [6.07, 6.45) is 2.01. The molecule has 1 aromatic carbocycles. The second-order valence-electron chi connectivity index (χ2n) is 6.08. The summed E-state index contributed by atoms with van der Waals surface area (Å²) in [5.41, 5.74) is 0.821. The molecule has 3 rings (SSSR count). The van der Waals surface area contributed by atoms with Crippen molar-refractivity contribution >= 4 is 17.7 Å². The Balaban J connectivity index is 1.55. The number of benzene rings is 1. The Hall–Kier alpha value is -2.06. The van der Waals surface area contributed by atoms with Gasteiger partial charge in [-0.15, -0.1) is 5.10 Å². The summed E-state index contributed by atoms with van der Waals surface area (Å²) >= 11 is 1.27. The number of thioether (sulfide) groups is 1. The van der Waals surface area contributed by atoms with Crippen molar-refractivity contribution in [2.24, 2.45) is 0 Å². The number of H-pyrrole nitrogens is 1. The molecule has 1 saturated heterocycles. The molecule has 1 fully saturated rings. The van der Waals surface area contributed by atoms with E-state index in [-0.39, 0.29) is 23.5 Å². The molecule has 2 aromatic rings. The highest BCUT2D eigenvalue weighted by atomic mass is 32.2. The summed E-state index contributed by atoms with van der Waals surface area (Å²) in [6.45, 7) is 1.78. The lowest BCUT2D eigenvalue weighted by molar-refractivity contribution is -0.127. The molecule has 8 heteroatoms. The fraction of sp³-hybridized carbons (Fsp3) is 0.471. The van der Waals surface area contributed by atoms with Gasteiger partial charge in [0.25, 0.3) is 0 Å². The molecule has 134 valence electrons. The van der Waals surface area contributed by atoms with E-state index < -0.39 is 0 Å². The van der Waals surface area contributed by atoms with Crippen LogP contribution in [0.25, 0.3) is 0 Å². The molecule has 1 aliphatic rings. The molecule has 25 heavy (non-hydrogen) atoms. The van der Waals surface area contributed by atoms with Crippen LogP contribution in [-0.4, -0.2) is 51.1 Å². The van der Waals surface area contributed by atoms with Gasteiger partial charge < -0.3 is 9.64 Å². The van der Waals surface area contributed by atoms with E-state index in [1.807, 2.05) is 30.3 Å². The summed E-state index contributed by atoms with van der Waals surface area (Å²) in [5, 5.41) is 7.02. The second-order valence-corrected chi connectivity index (χ2v) is 7.02. The maximum Gasteiger partial charge on any atom is 0.344 e. The highest BCUT2D eigenvalue weighted by Crippen LogP contribution is 2.18. The van der Waals surface area contributed by atoms with Crippen LogP contribution in [-0.2, 0) is 22.6 Å². The fourth-order valence-electron chi connectivity index (χ4n) is 2.75. The normalized spacial score (nSPS) is 16.9. The van der Waals surface area contributed by atoms with E-state index in [2.05, 4.69) is 10.2 Å². The minimum absolute atomic E-state index is 0.00651. The van der Waals surface area contributed by atoms with Crippen LogP contribution in [0.1, 0.15) is 18.4 Å². The predicted octanol–water partition coefficient (Wildman–Crippen LogP) is 1.50. The molecular formula is C17H22N4O3S. The molecule has 1 atom stereocenters. The number of hydrogen-bond acceptors (Lipinski definition) is 5. The van der Waals surface area contributed by atoms with Crippen molar-refractivity contribution in [2.45, 2.75) is 37.2 Å². The van der Waals surface area contributed by atoms with Crippen molar-refractivity contribution in [1.29, 1.82) is 0 Å². The number of aromatic nitrogens is 3. The highest BCUT2D eigenvalue weighted by Gasteiger charge is 2.20. The number of amides is 1. The second kappa shape index (κ2) is 8.35. The number of carbonyl (C=O) groups excluding carboxylic acids is 1. The smallest absolute Gasteiger partial charge is 0.344 e. The SMILES string of the molecule is CN(Cc1ccccc1)C(=O)CSc1n[nH]c(=O)n1C[C@@H]1CCCO1. The zero-order valence-corrected chi connectivity index (χ0v) is 15.0. The van der Waals surface area contributed by atoms with Crippen molar-refractivity contribution in [3.63, 3.8) is 0 Å². The average Bonchev–Trinajstić information content (AvgIpc) is 3.25. The number of carbonyl (C=O) groups is 1. The van der Waals surface area contributed by atoms with Crippen molar-refractivity contribution in [3.8, 4) is 0 Å². The number of ether oxygens (including phenoxy) is 1. The van der Waals surface area contributed by atoms with Gasteiger partial charge >= 0.3 is 5.69 Å². The largest absolute Gasteiger partial charge is 0.376 e. The standard InChI is InChI=1S/C17H22N4O3S/c1-20(10-13-6-3-2-4-7-13)15(22)12-25-17-19-18-16(23)21(17)11-14-8-5-9-24-14/h2-4,6-7,14H,5,8-12H2,1H3,(H,18,23)/t14-/m0/s1. The van der Waals surface area contributed by atoms with Crippen LogP contribution in [0, 0.1) is 0 Å². The molecule has 0 unspecified atom stereocenters. The van der Waals surface area contributed by atoms with Crippen LogP contribution in [0.3, 0.4) is 0 Å². The van der Waals surface area contributed by atoms with Gasteiger partial charge in [0.1, 0.15) is 0 Å². The Kier molecular flexibility index (Phi) is 5.93. The van der Waals surface area contributed by atoms with Gasteiger partial charge in [-0.2, -0.15) is 0 Å². The molecule has 1 amide bonds. The minimum Gasteiger partial charge on any atom is -0.376 e. The van der Waals surface area contributed by atoms with Crippen molar-refractivity contribution in [1.82, 2.24) is 19.7 Å². The predicted molar refractivity (Wildman–Crippen MR) is 95.5 cm³/mol. The lowest BCUT2D eigenvalue weighted by Crippen LogP contribution is -2.28. The van der Waals surface area contributed by atoms with E-state index in [1.165, 1.54) is 11.8 Å². The molecule has 0 aliphatic carbocycles. The lowest BCUT2D eigenvalue weighted by atomic mass is 10.2. The van der Waals surface area contributed by atoms with E-state index >= 15 is 0 Å². The van der Waals surface area contributed by atoms with E-state index in [9.17, 15) is 9.59 Å². The first-order valence-electron chi connectivity index (χ1n) is 8.31. The molecule has 1 aliphatic heterocycles. The lowest BCUT2D eigenvalue weighted by Gasteiger charge is -2.17. The molecule has 7 nitrogen and oxygen atoms in total. The Morgan fingerprint density at radius 1 is 1.44 bits per heavy atom. The Bertz CT molecular complexity index is 753. The quantitative estimate of drug-likeness (QED) is 0.755. The first kappa shape index (κ1) is 17.8. The van der Waals surface area contributed by atoms with Gasteiger partial charge in [0, 0.05) is 20.2 Å². The van der Waals surface area contributed by atoms with Gasteiger partial charge in [-0.05, 0) is 18.4 Å². The third kappa shape index (κ3) is 4.73. The van der Waals surface area contributed by atoms with Crippen molar-refractivity contribution in [3.05, 3.63) is 46.4 Å². The van der Waals surface area contributed by atoms with E-state index in [1.54, 1.807) is 16.5 Å². The molecule has 2 heterocycles.